The van der Waals surface area contributed by atoms with Gasteiger partial charge in [-0.15, -0.1) is 11.3 Å². The van der Waals surface area contributed by atoms with Crippen molar-refractivity contribution in [3.63, 3.8) is 0 Å². The molecule has 0 aliphatic rings. The summed E-state index contributed by atoms with van der Waals surface area (Å²) in [4.78, 5) is 12.9. The number of aromatic nitrogens is 2. The Morgan fingerprint density at radius 3 is 2.64 bits per heavy atom. The van der Waals surface area contributed by atoms with Crippen molar-refractivity contribution in [2.24, 2.45) is 7.05 Å². The number of rotatable bonds is 4. The Hall–Kier alpha value is -2.33. The van der Waals surface area contributed by atoms with Crippen LogP contribution in [0.1, 0.15) is 15.4 Å². The molecular weight excluding hydrogens is 372 g/mol. The van der Waals surface area contributed by atoms with Crippen molar-refractivity contribution in [3.8, 4) is 0 Å². The third-order valence-corrected chi connectivity index (χ3v) is 6.24. The average Bonchev–Trinajstić information content (AvgIpc) is 3.10. The number of hydrogen-bond acceptors (Lipinski definition) is 5. The van der Waals surface area contributed by atoms with Gasteiger partial charge in [0.25, 0.3) is 5.91 Å². The first-order chi connectivity index (χ1) is 11.7. The second-order valence-corrected chi connectivity index (χ2v) is 8.21. The van der Waals surface area contributed by atoms with Crippen molar-refractivity contribution in [3.05, 3.63) is 40.9 Å². The lowest BCUT2D eigenvalue weighted by Gasteiger charge is -2.10. The summed E-state index contributed by atoms with van der Waals surface area (Å²) in [6.07, 6.45) is 0. The fraction of sp³-hybridized carbons (Fsp3) is 0.200. The number of carbonyl (C=O) groups is 1. The van der Waals surface area contributed by atoms with Gasteiger partial charge in [-0.2, -0.15) is 13.9 Å². The Kier molecular flexibility index (Phi) is 4.33. The number of nitrogens with one attached hydrogen (secondary N) is 1. The van der Waals surface area contributed by atoms with Gasteiger partial charge >= 0.3 is 5.76 Å². The minimum Gasteiger partial charge on any atom is -0.320 e. The molecule has 0 aliphatic heterocycles. The summed E-state index contributed by atoms with van der Waals surface area (Å²) in [6, 6.07) is 6.73. The van der Waals surface area contributed by atoms with Crippen molar-refractivity contribution < 1.29 is 22.0 Å². The average molecular weight is 385 g/mol. The van der Waals surface area contributed by atoms with Gasteiger partial charge in [0.1, 0.15) is 4.83 Å². The summed E-state index contributed by atoms with van der Waals surface area (Å²) in [5.74, 6) is -4.14. The van der Waals surface area contributed by atoms with Crippen LogP contribution in [0, 0.1) is 6.92 Å². The fourth-order valence-corrected chi connectivity index (χ4v) is 4.32. The molecule has 3 aromatic rings. The van der Waals surface area contributed by atoms with Crippen LogP contribution in [0.3, 0.4) is 0 Å². The zero-order chi connectivity index (χ0) is 18.4. The monoisotopic (exact) mass is 385 g/mol. The predicted molar refractivity (Wildman–Crippen MR) is 90.9 cm³/mol. The molecule has 10 heteroatoms. The van der Waals surface area contributed by atoms with Crippen LogP contribution < -0.4 is 5.32 Å². The van der Waals surface area contributed by atoms with Crippen molar-refractivity contribution in [1.82, 2.24) is 9.78 Å². The molecule has 0 saturated heterocycles. The highest BCUT2D eigenvalue weighted by molar-refractivity contribution is 7.91. The molecule has 2 aromatic heterocycles. The Morgan fingerprint density at radius 1 is 1.32 bits per heavy atom. The molecule has 25 heavy (non-hydrogen) atoms. The summed E-state index contributed by atoms with van der Waals surface area (Å²) in [5.41, 5.74) is 0.577. The highest BCUT2D eigenvalue weighted by Gasteiger charge is 2.29. The van der Waals surface area contributed by atoms with E-state index in [1.807, 2.05) is 0 Å². The molecule has 0 aliphatic carbocycles. The van der Waals surface area contributed by atoms with E-state index < -0.39 is 26.4 Å². The summed E-state index contributed by atoms with van der Waals surface area (Å²) >= 11 is 1.18. The lowest BCUT2D eigenvalue weighted by atomic mass is 10.3. The first kappa shape index (κ1) is 17.5. The number of carbonyl (C=O) groups excluding carboxylic acids is 1. The molecule has 2 heterocycles. The highest BCUT2D eigenvalue weighted by Crippen LogP contribution is 2.30. The summed E-state index contributed by atoms with van der Waals surface area (Å²) in [6.45, 7) is 1.81. The highest BCUT2D eigenvalue weighted by atomic mass is 32.2. The van der Waals surface area contributed by atoms with Gasteiger partial charge in [-0.3, -0.25) is 9.48 Å². The molecule has 0 atom stereocenters. The van der Waals surface area contributed by atoms with Gasteiger partial charge in [0, 0.05) is 12.4 Å². The molecule has 0 spiro atoms. The van der Waals surface area contributed by atoms with Crippen LogP contribution in [0.2, 0.25) is 0 Å². The maximum atomic E-state index is 12.8. The van der Waals surface area contributed by atoms with Gasteiger partial charge in [0.2, 0.25) is 9.84 Å². The lowest BCUT2D eigenvalue weighted by molar-refractivity contribution is 0.103. The second kappa shape index (κ2) is 6.19. The SMILES string of the molecule is Cc1nn(C)c2sc(C(=O)Nc3ccccc3S(=O)(=O)C(F)F)cc12. The number of alkyl halides is 2. The van der Waals surface area contributed by atoms with E-state index in [1.54, 1.807) is 24.7 Å². The van der Waals surface area contributed by atoms with E-state index >= 15 is 0 Å². The molecule has 3 rings (SSSR count). The molecule has 0 radical (unpaired) electrons. The Labute approximate surface area is 146 Å². The first-order valence-electron chi connectivity index (χ1n) is 7.07. The van der Waals surface area contributed by atoms with Gasteiger partial charge in [-0.1, -0.05) is 12.1 Å². The lowest BCUT2D eigenvalue weighted by Crippen LogP contribution is -2.17. The number of amides is 1. The van der Waals surface area contributed by atoms with E-state index in [9.17, 15) is 22.0 Å². The van der Waals surface area contributed by atoms with Crippen LogP contribution in [-0.2, 0) is 16.9 Å². The van der Waals surface area contributed by atoms with E-state index in [4.69, 9.17) is 0 Å². The van der Waals surface area contributed by atoms with E-state index in [1.165, 1.54) is 29.5 Å². The van der Waals surface area contributed by atoms with Crippen molar-refractivity contribution in [1.29, 1.82) is 0 Å². The molecule has 0 bridgehead atoms. The van der Waals surface area contributed by atoms with Crippen LogP contribution in [0.5, 0.6) is 0 Å². The zero-order valence-corrected chi connectivity index (χ0v) is 14.8. The number of aryl methyl sites for hydroxylation is 2. The molecule has 0 saturated carbocycles. The topological polar surface area (TPSA) is 81.1 Å². The molecule has 0 fully saturated rings. The third-order valence-electron chi connectivity index (χ3n) is 3.60. The molecule has 132 valence electrons. The van der Waals surface area contributed by atoms with E-state index in [0.717, 1.165) is 22.0 Å². The van der Waals surface area contributed by atoms with Crippen molar-refractivity contribution in [2.45, 2.75) is 17.6 Å². The van der Waals surface area contributed by atoms with Gasteiger partial charge in [-0.05, 0) is 25.1 Å². The molecule has 1 amide bonds. The first-order valence-corrected chi connectivity index (χ1v) is 9.43. The second-order valence-electron chi connectivity index (χ2n) is 5.29. The minimum atomic E-state index is -4.82. The molecule has 0 unspecified atom stereocenters. The van der Waals surface area contributed by atoms with Gasteiger partial charge < -0.3 is 5.32 Å². The maximum Gasteiger partial charge on any atom is 0.341 e. The van der Waals surface area contributed by atoms with Gasteiger partial charge in [0.05, 0.1) is 21.2 Å². The van der Waals surface area contributed by atoms with Crippen LogP contribution >= 0.6 is 11.3 Å². The van der Waals surface area contributed by atoms with Crippen LogP contribution in [0.15, 0.2) is 35.2 Å². The molecule has 1 N–H and O–H groups in total. The van der Waals surface area contributed by atoms with Crippen molar-refractivity contribution >= 4 is 43.0 Å². The Bertz CT molecular complexity index is 1040. The molecule has 6 nitrogen and oxygen atoms in total. The van der Waals surface area contributed by atoms with E-state index in [0.29, 0.717) is 4.88 Å². The number of fused-ring (bicyclic) bond motifs is 1. The van der Waals surface area contributed by atoms with Crippen LogP contribution in [-0.4, -0.2) is 29.9 Å². The minimum absolute atomic E-state index is 0.180. The fourth-order valence-electron chi connectivity index (χ4n) is 2.42. The maximum absolute atomic E-state index is 12.8. The number of benzene rings is 1. The zero-order valence-electron chi connectivity index (χ0n) is 13.2. The number of hydrogen-bond donors (Lipinski definition) is 1. The van der Waals surface area contributed by atoms with Crippen LogP contribution in [0.25, 0.3) is 10.2 Å². The quantitative estimate of drug-likeness (QED) is 0.748. The van der Waals surface area contributed by atoms with Crippen LogP contribution in [0.4, 0.5) is 14.5 Å². The largest absolute Gasteiger partial charge is 0.341 e. The number of sulfone groups is 1. The van der Waals surface area contributed by atoms with Crippen molar-refractivity contribution in [2.75, 3.05) is 5.32 Å². The normalized spacial score (nSPS) is 12.0. The van der Waals surface area contributed by atoms with E-state index in [2.05, 4.69) is 10.4 Å². The molecular formula is C15H13F2N3O3S2. The Morgan fingerprint density at radius 2 is 2.00 bits per heavy atom. The number of nitrogens with zero attached hydrogens (tertiary/aromatic N) is 2. The Balaban J connectivity index is 1.97. The smallest absolute Gasteiger partial charge is 0.320 e. The summed E-state index contributed by atoms with van der Waals surface area (Å²) in [5, 5.41) is 7.45. The molecule has 1 aromatic carbocycles. The number of thiophene rings is 1. The van der Waals surface area contributed by atoms with E-state index in [-0.39, 0.29) is 5.69 Å². The predicted octanol–water partition coefficient (Wildman–Crippen LogP) is 3.19. The van der Waals surface area contributed by atoms with Gasteiger partial charge in [-0.25, -0.2) is 8.42 Å². The number of para-hydroxylation sites is 1. The van der Waals surface area contributed by atoms with Gasteiger partial charge in [0.15, 0.2) is 0 Å². The third kappa shape index (κ3) is 3.02. The summed E-state index contributed by atoms with van der Waals surface area (Å²) < 4.78 is 50.8. The number of halogens is 2. The summed E-state index contributed by atoms with van der Waals surface area (Å²) in [7, 11) is -3.07. The number of anilines is 1. The standard InChI is InChI=1S/C15H13F2N3O3S2/c1-8-9-7-11(24-14(9)20(2)19-8)13(21)18-10-5-3-4-6-12(10)25(22,23)15(16)17/h3-7,15H,1-2H3,(H,18,21).